The number of aryl methyl sites for hydroxylation is 1. The number of carboxylic acids is 1. The lowest BCUT2D eigenvalue weighted by Gasteiger charge is -2.12. The molecule has 0 spiro atoms. The monoisotopic (exact) mass is 300 g/mol. The van der Waals surface area contributed by atoms with Crippen LogP contribution in [0.4, 0.5) is 11.4 Å². The molecule has 0 aliphatic rings. The summed E-state index contributed by atoms with van der Waals surface area (Å²) in [6, 6.07) is 17.8. The Labute approximate surface area is 132 Å². The minimum Gasteiger partial charge on any atom is -0.480 e. The molecule has 0 saturated heterocycles. The number of carboxylic acid groups (broad SMARTS) is 1. The van der Waals surface area contributed by atoms with Gasteiger partial charge in [-0.2, -0.15) is 0 Å². The predicted octanol–water partition coefficient (Wildman–Crippen LogP) is 3.50. The average molecular weight is 300 g/mol. The number of para-hydroxylation sites is 1. The molecule has 0 radical (unpaired) electrons. The van der Waals surface area contributed by atoms with Crippen molar-refractivity contribution >= 4 is 17.3 Å². The fourth-order valence-corrected chi connectivity index (χ4v) is 1.79. The van der Waals surface area contributed by atoms with E-state index >= 15 is 0 Å². The lowest BCUT2D eigenvalue weighted by atomic mass is 10.1. The first kappa shape index (κ1) is 17.6. The van der Waals surface area contributed by atoms with Crippen molar-refractivity contribution in [1.82, 2.24) is 0 Å². The van der Waals surface area contributed by atoms with E-state index in [0.717, 1.165) is 12.1 Å². The van der Waals surface area contributed by atoms with Gasteiger partial charge in [-0.25, -0.2) is 0 Å². The van der Waals surface area contributed by atoms with Crippen LogP contribution in [0.5, 0.6) is 0 Å². The van der Waals surface area contributed by atoms with E-state index in [1.807, 2.05) is 30.3 Å². The molecule has 0 unspecified atom stereocenters. The molecule has 0 amide bonds. The Hall–Kier alpha value is -2.49. The Bertz CT molecular complexity index is 568. The number of hydrogen-bond acceptors (Lipinski definition) is 3. The van der Waals surface area contributed by atoms with Crippen LogP contribution in [0.3, 0.4) is 0 Å². The molecule has 2 N–H and O–H groups in total. The van der Waals surface area contributed by atoms with Crippen molar-refractivity contribution in [2.24, 2.45) is 0 Å². The minimum atomic E-state index is -0.853. The maximum absolute atomic E-state index is 10.1. The molecule has 0 saturated carbocycles. The third-order valence-corrected chi connectivity index (χ3v) is 3.05. The topological polar surface area (TPSA) is 52.6 Å². The summed E-state index contributed by atoms with van der Waals surface area (Å²) in [4.78, 5) is 12.2. The van der Waals surface area contributed by atoms with Gasteiger partial charge in [0.2, 0.25) is 0 Å². The molecule has 0 heterocycles. The van der Waals surface area contributed by atoms with Gasteiger partial charge in [0.05, 0.1) is 0 Å². The van der Waals surface area contributed by atoms with Gasteiger partial charge in [0.1, 0.15) is 6.54 Å². The number of nitrogens with one attached hydrogen (secondary N) is 1. The number of rotatable bonds is 5. The summed E-state index contributed by atoms with van der Waals surface area (Å²) in [5.74, 6) is -0.853. The summed E-state index contributed by atoms with van der Waals surface area (Å²) in [6.45, 7) is 2.14. The zero-order valence-corrected chi connectivity index (χ0v) is 13.4. The van der Waals surface area contributed by atoms with Gasteiger partial charge in [0.25, 0.3) is 0 Å². The molecule has 118 valence electrons. The molecule has 0 aliphatic carbocycles. The Morgan fingerprint density at radius 2 is 1.77 bits per heavy atom. The third-order valence-electron chi connectivity index (χ3n) is 3.05. The highest BCUT2D eigenvalue weighted by Crippen LogP contribution is 2.13. The van der Waals surface area contributed by atoms with Crippen LogP contribution in [0.2, 0.25) is 0 Å². The van der Waals surface area contributed by atoms with Crippen molar-refractivity contribution in [3.8, 4) is 0 Å². The maximum atomic E-state index is 10.1. The van der Waals surface area contributed by atoms with Gasteiger partial charge in [-0.15, -0.1) is 0 Å². The summed E-state index contributed by atoms with van der Waals surface area (Å²) in [5, 5.41) is 11.1. The average Bonchev–Trinajstić information content (AvgIpc) is 2.54. The van der Waals surface area contributed by atoms with Crippen molar-refractivity contribution in [3.63, 3.8) is 0 Å². The minimum absolute atomic E-state index is 0.0377. The Morgan fingerprint density at radius 3 is 2.32 bits per heavy atom. The Balaban J connectivity index is 0.000000220. The van der Waals surface area contributed by atoms with Gasteiger partial charge in [-0.3, -0.25) is 4.79 Å². The number of hydrogen-bond donors (Lipinski definition) is 2. The van der Waals surface area contributed by atoms with Crippen molar-refractivity contribution in [1.29, 1.82) is 0 Å². The lowest BCUT2D eigenvalue weighted by Crippen LogP contribution is -2.11. The second kappa shape index (κ2) is 9.45. The third kappa shape index (κ3) is 6.79. The highest BCUT2D eigenvalue weighted by atomic mass is 16.4. The second-order valence-electron chi connectivity index (χ2n) is 5.03. The van der Waals surface area contributed by atoms with Crippen LogP contribution in [-0.4, -0.2) is 31.7 Å². The second-order valence-corrected chi connectivity index (χ2v) is 5.03. The highest BCUT2D eigenvalue weighted by molar-refractivity contribution is 5.72. The zero-order chi connectivity index (χ0) is 16.4. The Morgan fingerprint density at radius 1 is 1.09 bits per heavy atom. The van der Waals surface area contributed by atoms with Crippen LogP contribution in [-0.2, 0) is 11.2 Å². The van der Waals surface area contributed by atoms with E-state index in [-0.39, 0.29) is 6.54 Å². The molecular weight excluding hydrogens is 276 g/mol. The number of aliphatic carboxylic acids is 1. The number of carbonyl (C=O) groups is 1. The maximum Gasteiger partial charge on any atom is 0.322 e. The summed E-state index contributed by atoms with van der Waals surface area (Å²) in [7, 11) is 4.13. The number of anilines is 2. The fourth-order valence-electron chi connectivity index (χ4n) is 1.79. The number of nitrogens with zero attached hydrogens (tertiary/aromatic N) is 1. The SMILES string of the molecule is CCc1cccc(N(C)C)c1.O=C(O)CNc1ccccc1. The van der Waals surface area contributed by atoms with E-state index in [9.17, 15) is 4.79 Å². The molecule has 4 heteroatoms. The van der Waals surface area contributed by atoms with Crippen molar-refractivity contribution in [3.05, 3.63) is 60.2 Å². The fraction of sp³-hybridized carbons (Fsp3) is 0.278. The van der Waals surface area contributed by atoms with E-state index in [2.05, 4.69) is 55.5 Å². The van der Waals surface area contributed by atoms with Gasteiger partial charge in [-0.1, -0.05) is 37.3 Å². The first-order chi connectivity index (χ1) is 10.5. The van der Waals surface area contributed by atoms with Gasteiger partial charge in [0, 0.05) is 25.5 Å². The largest absolute Gasteiger partial charge is 0.480 e. The quantitative estimate of drug-likeness (QED) is 0.887. The van der Waals surface area contributed by atoms with E-state index in [1.165, 1.54) is 11.3 Å². The Kier molecular flexibility index (Phi) is 7.54. The van der Waals surface area contributed by atoms with Crippen LogP contribution in [0.15, 0.2) is 54.6 Å². The molecule has 2 aromatic rings. The molecule has 0 aliphatic heterocycles. The van der Waals surface area contributed by atoms with Crippen LogP contribution < -0.4 is 10.2 Å². The number of benzene rings is 2. The van der Waals surface area contributed by atoms with Crippen LogP contribution >= 0.6 is 0 Å². The summed E-state index contributed by atoms with van der Waals surface area (Å²) < 4.78 is 0. The van der Waals surface area contributed by atoms with E-state index < -0.39 is 5.97 Å². The van der Waals surface area contributed by atoms with Crippen LogP contribution in [0, 0.1) is 0 Å². The molecule has 0 atom stereocenters. The smallest absolute Gasteiger partial charge is 0.322 e. The standard InChI is InChI=1S/C10H15N.C8H9NO2/c1-4-9-6-5-7-10(8-9)11(2)3;10-8(11)6-9-7-4-2-1-3-5-7/h5-8H,4H2,1-3H3;1-5,9H,6H2,(H,10,11). The van der Waals surface area contributed by atoms with Gasteiger partial charge < -0.3 is 15.3 Å². The summed E-state index contributed by atoms with van der Waals surface area (Å²) >= 11 is 0. The van der Waals surface area contributed by atoms with Gasteiger partial charge >= 0.3 is 5.97 Å². The molecular formula is C18H24N2O2. The van der Waals surface area contributed by atoms with Crippen LogP contribution in [0.25, 0.3) is 0 Å². The highest BCUT2D eigenvalue weighted by Gasteiger charge is 1.95. The van der Waals surface area contributed by atoms with Gasteiger partial charge in [0.15, 0.2) is 0 Å². The molecule has 4 nitrogen and oxygen atoms in total. The van der Waals surface area contributed by atoms with Crippen molar-refractivity contribution in [2.75, 3.05) is 30.9 Å². The lowest BCUT2D eigenvalue weighted by molar-refractivity contribution is -0.134. The summed E-state index contributed by atoms with van der Waals surface area (Å²) in [6.07, 6.45) is 1.11. The van der Waals surface area contributed by atoms with E-state index in [4.69, 9.17) is 5.11 Å². The molecule has 2 rings (SSSR count). The molecule has 0 aromatic heterocycles. The van der Waals surface area contributed by atoms with Crippen molar-refractivity contribution < 1.29 is 9.90 Å². The molecule has 0 fully saturated rings. The normalized spacial score (nSPS) is 9.41. The molecule has 0 bridgehead atoms. The van der Waals surface area contributed by atoms with E-state index in [1.54, 1.807) is 0 Å². The first-order valence-corrected chi connectivity index (χ1v) is 7.30. The van der Waals surface area contributed by atoms with E-state index in [0.29, 0.717) is 0 Å². The van der Waals surface area contributed by atoms with Crippen LogP contribution in [0.1, 0.15) is 12.5 Å². The summed E-state index contributed by atoms with van der Waals surface area (Å²) in [5.41, 5.74) is 3.51. The first-order valence-electron chi connectivity index (χ1n) is 7.30. The van der Waals surface area contributed by atoms with Crippen molar-refractivity contribution in [2.45, 2.75) is 13.3 Å². The van der Waals surface area contributed by atoms with Gasteiger partial charge in [-0.05, 0) is 36.2 Å². The predicted molar refractivity (Wildman–Crippen MR) is 92.7 cm³/mol. The molecule has 22 heavy (non-hydrogen) atoms. The zero-order valence-electron chi connectivity index (χ0n) is 13.4. The molecule has 2 aromatic carbocycles.